The van der Waals surface area contributed by atoms with Crippen LogP contribution in [0, 0.1) is 11.8 Å². The van der Waals surface area contributed by atoms with Gasteiger partial charge in [-0.15, -0.1) is 11.3 Å². The second kappa shape index (κ2) is 7.83. The topological polar surface area (TPSA) is 36.4 Å². The largest absolute Gasteiger partial charge is 0.349 e. The maximum Gasteiger partial charge on any atom is 0.298 e. The van der Waals surface area contributed by atoms with Crippen molar-refractivity contribution in [2.24, 2.45) is 0 Å². The molecule has 1 heterocycles. The molecule has 0 atom stereocenters. The van der Waals surface area contributed by atoms with Crippen molar-refractivity contribution < 1.29 is 4.79 Å². The molecule has 0 unspecified atom stereocenters. The summed E-state index contributed by atoms with van der Waals surface area (Å²) in [6.45, 7) is 1.29. The SMILES string of the molecule is CN(CCN(C)c1nccs1)C(=O)C#Cc1cccc(Cl)c1. The Labute approximate surface area is 139 Å². The Bertz CT molecular complexity index is 691. The minimum absolute atomic E-state index is 0.215. The van der Waals surface area contributed by atoms with E-state index in [-0.39, 0.29) is 5.91 Å². The van der Waals surface area contributed by atoms with Crippen molar-refractivity contribution in [1.29, 1.82) is 0 Å². The molecule has 0 radical (unpaired) electrons. The number of benzene rings is 1. The first-order valence-corrected chi connectivity index (χ1v) is 7.95. The molecule has 1 aromatic carbocycles. The van der Waals surface area contributed by atoms with Crippen LogP contribution in [0.25, 0.3) is 0 Å². The number of carbonyl (C=O) groups is 1. The Balaban J connectivity index is 1.87. The molecule has 6 heteroatoms. The smallest absolute Gasteiger partial charge is 0.298 e. The van der Waals surface area contributed by atoms with Crippen LogP contribution in [0.3, 0.4) is 0 Å². The van der Waals surface area contributed by atoms with Crippen LogP contribution in [0.5, 0.6) is 0 Å². The van der Waals surface area contributed by atoms with Crippen LogP contribution >= 0.6 is 22.9 Å². The zero-order valence-electron chi connectivity index (χ0n) is 12.4. The van der Waals surface area contributed by atoms with E-state index in [0.29, 0.717) is 18.1 Å². The van der Waals surface area contributed by atoms with Gasteiger partial charge in [-0.25, -0.2) is 4.98 Å². The molecule has 1 aromatic heterocycles. The molecule has 22 heavy (non-hydrogen) atoms. The molecular formula is C16H16ClN3OS. The number of carbonyl (C=O) groups excluding carboxylic acids is 1. The number of nitrogens with zero attached hydrogens (tertiary/aromatic N) is 3. The van der Waals surface area contributed by atoms with E-state index >= 15 is 0 Å². The summed E-state index contributed by atoms with van der Waals surface area (Å²) in [4.78, 5) is 19.8. The lowest BCUT2D eigenvalue weighted by Gasteiger charge is -2.20. The van der Waals surface area contributed by atoms with Gasteiger partial charge in [0, 0.05) is 55.3 Å². The summed E-state index contributed by atoms with van der Waals surface area (Å²) in [5.74, 6) is 5.25. The molecule has 0 N–H and O–H groups in total. The number of likely N-dealkylation sites (N-methyl/N-ethyl adjacent to an activating group) is 2. The molecule has 2 rings (SSSR count). The number of aromatic nitrogens is 1. The zero-order chi connectivity index (χ0) is 15.9. The highest BCUT2D eigenvalue weighted by atomic mass is 35.5. The summed E-state index contributed by atoms with van der Waals surface area (Å²) in [5, 5.41) is 3.47. The third-order valence-corrected chi connectivity index (χ3v) is 4.12. The number of halogens is 1. The Kier molecular flexibility index (Phi) is 5.82. The lowest BCUT2D eigenvalue weighted by molar-refractivity contribution is -0.123. The molecule has 0 bridgehead atoms. The van der Waals surface area contributed by atoms with Crippen LogP contribution in [0.1, 0.15) is 5.56 Å². The maximum atomic E-state index is 12.0. The van der Waals surface area contributed by atoms with Crippen molar-refractivity contribution in [3.8, 4) is 11.8 Å². The average molecular weight is 334 g/mol. The Morgan fingerprint density at radius 2 is 2.18 bits per heavy atom. The van der Waals surface area contributed by atoms with Crippen LogP contribution in [-0.4, -0.2) is 43.0 Å². The van der Waals surface area contributed by atoms with Crippen LogP contribution in [0.15, 0.2) is 35.8 Å². The van der Waals surface area contributed by atoms with Gasteiger partial charge in [-0.1, -0.05) is 23.6 Å². The average Bonchev–Trinajstić information content (AvgIpc) is 3.04. The van der Waals surface area contributed by atoms with E-state index < -0.39 is 0 Å². The van der Waals surface area contributed by atoms with E-state index in [2.05, 4.69) is 16.8 Å². The van der Waals surface area contributed by atoms with Gasteiger partial charge in [-0.05, 0) is 18.2 Å². The van der Waals surface area contributed by atoms with E-state index in [1.807, 2.05) is 29.5 Å². The number of amides is 1. The first kappa shape index (κ1) is 16.3. The zero-order valence-corrected chi connectivity index (χ0v) is 14.0. The van der Waals surface area contributed by atoms with Gasteiger partial charge in [0.25, 0.3) is 5.91 Å². The quantitative estimate of drug-likeness (QED) is 0.807. The van der Waals surface area contributed by atoms with Crippen LogP contribution in [0.4, 0.5) is 5.13 Å². The van der Waals surface area contributed by atoms with E-state index in [9.17, 15) is 4.79 Å². The predicted molar refractivity (Wildman–Crippen MR) is 91.4 cm³/mol. The molecule has 0 saturated heterocycles. The molecule has 0 aliphatic rings. The highest BCUT2D eigenvalue weighted by molar-refractivity contribution is 7.13. The van der Waals surface area contributed by atoms with Crippen molar-refractivity contribution in [3.05, 3.63) is 46.4 Å². The van der Waals surface area contributed by atoms with E-state index in [1.165, 1.54) is 0 Å². The molecule has 0 saturated carbocycles. The highest BCUT2D eigenvalue weighted by Crippen LogP contribution is 2.14. The summed E-state index contributed by atoms with van der Waals surface area (Å²) in [6, 6.07) is 7.14. The molecule has 0 fully saturated rings. The van der Waals surface area contributed by atoms with Gasteiger partial charge >= 0.3 is 0 Å². The maximum absolute atomic E-state index is 12.0. The molecule has 4 nitrogen and oxygen atoms in total. The van der Waals surface area contributed by atoms with Crippen LogP contribution in [-0.2, 0) is 4.79 Å². The fourth-order valence-corrected chi connectivity index (χ4v) is 2.52. The van der Waals surface area contributed by atoms with Crippen LogP contribution in [0.2, 0.25) is 5.02 Å². The molecular weight excluding hydrogens is 318 g/mol. The Hall–Kier alpha value is -2.03. The van der Waals surface area contributed by atoms with E-state index in [4.69, 9.17) is 11.6 Å². The minimum Gasteiger partial charge on any atom is -0.349 e. The normalized spacial score (nSPS) is 9.77. The van der Waals surface area contributed by atoms with Crippen LogP contribution < -0.4 is 4.90 Å². The molecule has 0 aliphatic heterocycles. The van der Waals surface area contributed by atoms with Gasteiger partial charge in [-0.2, -0.15) is 0 Å². The number of hydrogen-bond acceptors (Lipinski definition) is 4. The Morgan fingerprint density at radius 1 is 1.36 bits per heavy atom. The lowest BCUT2D eigenvalue weighted by atomic mass is 10.2. The van der Waals surface area contributed by atoms with Crippen molar-refractivity contribution in [1.82, 2.24) is 9.88 Å². The number of anilines is 1. The molecule has 0 aliphatic carbocycles. The second-order valence-corrected chi connectivity index (χ2v) is 6.03. The van der Waals surface area contributed by atoms with Gasteiger partial charge < -0.3 is 9.80 Å². The number of hydrogen-bond donors (Lipinski definition) is 0. The van der Waals surface area contributed by atoms with Crippen molar-refractivity contribution >= 4 is 34.0 Å². The second-order valence-electron chi connectivity index (χ2n) is 4.72. The highest BCUT2D eigenvalue weighted by Gasteiger charge is 2.08. The summed E-state index contributed by atoms with van der Waals surface area (Å²) in [5.41, 5.74) is 0.731. The van der Waals surface area contributed by atoms with Crippen molar-refractivity contribution in [2.75, 3.05) is 32.1 Å². The standard InChI is InChI=1S/C16H16ClN3OS/c1-19(9-10-20(2)16-18-8-11-22-16)15(21)7-6-13-4-3-5-14(17)12-13/h3-5,8,11-12H,9-10H2,1-2H3. The first-order chi connectivity index (χ1) is 10.6. The summed E-state index contributed by atoms with van der Waals surface area (Å²) < 4.78 is 0. The summed E-state index contributed by atoms with van der Waals surface area (Å²) in [6.07, 6.45) is 1.77. The number of rotatable bonds is 4. The van der Waals surface area contributed by atoms with Crippen molar-refractivity contribution in [2.45, 2.75) is 0 Å². The Morgan fingerprint density at radius 3 is 2.86 bits per heavy atom. The minimum atomic E-state index is -0.215. The molecule has 0 spiro atoms. The van der Waals surface area contributed by atoms with Gasteiger partial charge in [0.2, 0.25) is 0 Å². The fourth-order valence-electron chi connectivity index (χ4n) is 1.69. The molecule has 1 amide bonds. The van der Waals surface area contributed by atoms with Gasteiger partial charge in [-0.3, -0.25) is 4.79 Å². The van der Waals surface area contributed by atoms with Gasteiger partial charge in [0.05, 0.1) is 0 Å². The summed E-state index contributed by atoms with van der Waals surface area (Å²) >= 11 is 7.45. The molecule has 2 aromatic rings. The fraction of sp³-hybridized carbons (Fsp3) is 0.250. The van der Waals surface area contributed by atoms with E-state index in [1.54, 1.807) is 41.6 Å². The monoisotopic (exact) mass is 333 g/mol. The van der Waals surface area contributed by atoms with Crippen molar-refractivity contribution in [3.63, 3.8) is 0 Å². The third-order valence-electron chi connectivity index (χ3n) is 3.00. The van der Waals surface area contributed by atoms with Gasteiger partial charge in [0.15, 0.2) is 5.13 Å². The number of thiazole rings is 1. The lowest BCUT2D eigenvalue weighted by Crippen LogP contribution is -2.34. The predicted octanol–water partition coefficient (Wildman–Crippen LogP) is 2.74. The van der Waals surface area contributed by atoms with Gasteiger partial charge in [0.1, 0.15) is 0 Å². The summed E-state index contributed by atoms with van der Waals surface area (Å²) in [7, 11) is 3.69. The third kappa shape index (κ3) is 4.76. The first-order valence-electron chi connectivity index (χ1n) is 6.69. The molecule has 114 valence electrons. The van der Waals surface area contributed by atoms with E-state index in [0.717, 1.165) is 10.7 Å².